The molecule has 0 aromatic carbocycles. The van der Waals surface area contributed by atoms with Gasteiger partial charge in [-0.05, 0) is 0 Å². The summed E-state index contributed by atoms with van der Waals surface area (Å²) in [5, 5.41) is 7.19. The molecule has 18 heavy (non-hydrogen) atoms. The molecule has 1 amide bonds. The first-order chi connectivity index (χ1) is 8.13. The minimum Gasteiger partial charge on any atom is -0.477 e. The number of carbonyl (C=O) groups excluding carboxylic acids is 1. The fraction of sp³-hybridized carbons (Fsp3) is 0.625. The van der Waals surface area contributed by atoms with Gasteiger partial charge in [-0.2, -0.15) is 0 Å². The first kappa shape index (κ1) is 16.0. The van der Waals surface area contributed by atoms with Gasteiger partial charge in [0.2, 0.25) is 0 Å². The Balaban J connectivity index is 4.94. The molecule has 5 N–H and O–H groups in total. The Kier molecular flexibility index (Phi) is 5.40. The third kappa shape index (κ3) is 3.50. The van der Waals surface area contributed by atoms with Crippen molar-refractivity contribution in [3.8, 4) is 0 Å². The van der Waals surface area contributed by atoms with Gasteiger partial charge in [-0.1, -0.05) is 4.48 Å². The zero-order chi connectivity index (χ0) is 14.5. The molecule has 7 nitrogen and oxygen atoms in total. The topological polar surface area (TPSA) is 122 Å². The van der Waals surface area contributed by atoms with Crippen LogP contribution < -0.4 is 11.5 Å². The van der Waals surface area contributed by atoms with E-state index in [-0.39, 0.29) is 0 Å². The molecule has 0 saturated carbocycles. The van der Waals surface area contributed by atoms with Crippen LogP contribution in [0.4, 0.5) is 13.3 Å². The van der Waals surface area contributed by atoms with Crippen molar-refractivity contribution < 1.29 is 28.0 Å². The lowest BCUT2D eigenvalue weighted by atomic mass is 10.1. The molecule has 104 valence electrons. The van der Waals surface area contributed by atoms with Crippen LogP contribution in [0.25, 0.3) is 0 Å². The van der Waals surface area contributed by atoms with Crippen molar-refractivity contribution in [2.75, 3.05) is 6.54 Å². The summed E-state index contributed by atoms with van der Waals surface area (Å²) in [5.41, 5.74) is 9.82. The maximum atomic E-state index is 13.7. The van der Waals surface area contributed by atoms with Crippen LogP contribution in [0, 0.1) is 0 Å². The molecule has 0 fully saturated rings. The molecule has 0 aromatic rings. The van der Waals surface area contributed by atoms with Gasteiger partial charge in [-0.25, -0.2) is 13.6 Å². The Morgan fingerprint density at radius 3 is 2.33 bits per heavy atom. The summed E-state index contributed by atoms with van der Waals surface area (Å²) < 4.78 is 40.2. The smallest absolute Gasteiger partial charge is 0.368 e. The second-order valence-corrected chi connectivity index (χ2v) is 3.34. The van der Waals surface area contributed by atoms with Crippen LogP contribution in [-0.2, 0) is 9.59 Å². The Morgan fingerprint density at radius 1 is 1.50 bits per heavy atom. The fourth-order valence-electron chi connectivity index (χ4n) is 1.07. The number of hydrogen-bond donors (Lipinski definition) is 3. The number of aliphatic carboxylic acids is 1. The van der Waals surface area contributed by atoms with Crippen molar-refractivity contribution in [2.24, 2.45) is 16.5 Å². The SMILES string of the molecule is CC(=O)N(F)[C@](F)(C(=O)O)C(F)CCN=C(N)N. The Labute approximate surface area is 100 Å². The largest absolute Gasteiger partial charge is 0.477 e. The van der Waals surface area contributed by atoms with Crippen LogP contribution in [0.1, 0.15) is 13.3 Å². The molecule has 2 atom stereocenters. The number of carboxylic acid groups (broad SMARTS) is 1. The molecule has 0 aromatic heterocycles. The zero-order valence-corrected chi connectivity index (χ0v) is 9.44. The number of carboxylic acids is 1. The van der Waals surface area contributed by atoms with E-state index >= 15 is 0 Å². The average molecular weight is 270 g/mol. The van der Waals surface area contributed by atoms with Crippen molar-refractivity contribution in [3.63, 3.8) is 0 Å². The van der Waals surface area contributed by atoms with E-state index in [0.29, 0.717) is 6.92 Å². The maximum Gasteiger partial charge on any atom is 0.368 e. The summed E-state index contributed by atoms with van der Waals surface area (Å²) in [6.45, 7) is 0.105. The van der Waals surface area contributed by atoms with E-state index in [1.165, 1.54) is 0 Å². The van der Waals surface area contributed by atoms with Crippen molar-refractivity contribution in [1.82, 2.24) is 5.12 Å². The van der Waals surface area contributed by atoms with Gasteiger partial charge < -0.3 is 16.6 Å². The molecule has 0 radical (unpaired) electrons. The van der Waals surface area contributed by atoms with Crippen molar-refractivity contribution in [3.05, 3.63) is 0 Å². The van der Waals surface area contributed by atoms with Gasteiger partial charge in [0.1, 0.15) is 0 Å². The Bertz CT molecular complexity index is 361. The van der Waals surface area contributed by atoms with Gasteiger partial charge in [0, 0.05) is 19.9 Å². The Hall–Kier alpha value is -2.00. The molecule has 0 bridgehead atoms. The third-order valence-electron chi connectivity index (χ3n) is 1.95. The van der Waals surface area contributed by atoms with Gasteiger partial charge in [0.25, 0.3) is 5.91 Å². The molecule has 0 spiro atoms. The third-order valence-corrected chi connectivity index (χ3v) is 1.95. The lowest BCUT2D eigenvalue weighted by Gasteiger charge is -2.28. The van der Waals surface area contributed by atoms with E-state index in [1.54, 1.807) is 0 Å². The quantitative estimate of drug-likeness (QED) is 0.259. The number of nitrogens with two attached hydrogens (primary N) is 2. The van der Waals surface area contributed by atoms with Gasteiger partial charge >= 0.3 is 11.8 Å². The van der Waals surface area contributed by atoms with Crippen molar-refractivity contribution in [2.45, 2.75) is 25.3 Å². The fourth-order valence-corrected chi connectivity index (χ4v) is 1.07. The summed E-state index contributed by atoms with van der Waals surface area (Å²) >= 11 is 0. The van der Waals surface area contributed by atoms with Gasteiger partial charge in [-0.3, -0.25) is 9.79 Å². The first-order valence-electron chi connectivity index (χ1n) is 4.72. The second kappa shape index (κ2) is 6.07. The van der Waals surface area contributed by atoms with Crippen molar-refractivity contribution >= 4 is 17.8 Å². The number of halogens is 3. The normalized spacial score (nSPS) is 15.3. The monoisotopic (exact) mass is 270 g/mol. The first-order valence-corrected chi connectivity index (χ1v) is 4.72. The number of aliphatic imine (C=N–C) groups is 1. The van der Waals surface area contributed by atoms with E-state index in [0.717, 1.165) is 0 Å². The summed E-state index contributed by atoms with van der Waals surface area (Å²) in [7, 11) is 0. The molecule has 0 rings (SSSR count). The van der Waals surface area contributed by atoms with Crippen LogP contribution in [0.5, 0.6) is 0 Å². The highest BCUT2D eigenvalue weighted by Gasteiger charge is 2.55. The molecule has 1 unspecified atom stereocenters. The second-order valence-electron chi connectivity index (χ2n) is 3.34. The van der Waals surface area contributed by atoms with Gasteiger partial charge in [-0.15, -0.1) is 5.12 Å². The van der Waals surface area contributed by atoms with Crippen LogP contribution in [0.2, 0.25) is 0 Å². The summed E-state index contributed by atoms with van der Waals surface area (Å²) in [4.78, 5) is 24.5. The van der Waals surface area contributed by atoms with Crippen LogP contribution in [-0.4, -0.2) is 46.6 Å². The summed E-state index contributed by atoms with van der Waals surface area (Å²) in [6, 6.07) is 0. The van der Waals surface area contributed by atoms with E-state index in [1.807, 2.05) is 0 Å². The molecular formula is C8H13F3N4O3. The van der Waals surface area contributed by atoms with Gasteiger partial charge in [0.15, 0.2) is 12.1 Å². The summed E-state index contributed by atoms with van der Waals surface area (Å²) in [5.74, 6) is -8.56. The molecule has 0 heterocycles. The minimum atomic E-state index is -4.11. The van der Waals surface area contributed by atoms with E-state index in [2.05, 4.69) is 4.99 Å². The highest BCUT2D eigenvalue weighted by atomic mass is 19.2. The number of carbonyl (C=O) groups is 2. The molecule has 0 saturated heterocycles. The molecular weight excluding hydrogens is 257 g/mol. The number of alkyl halides is 2. The summed E-state index contributed by atoms with van der Waals surface area (Å²) in [6.07, 6.45) is -3.64. The van der Waals surface area contributed by atoms with E-state index < -0.39 is 47.9 Å². The molecule has 0 aliphatic carbocycles. The minimum absolute atomic E-state index is 0.411. The van der Waals surface area contributed by atoms with Gasteiger partial charge in [0.05, 0.1) is 0 Å². The highest BCUT2D eigenvalue weighted by Crippen LogP contribution is 2.28. The van der Waals surface area contributed by atoms with Crippen LogP contribution in [0.15, 0.2) is 4.99 Å². The van der Waals surface area contributed by atoms with Crippen molar-refractivity contribution in [1.29, 1.82) is 0 Å². The average Bonchev–Trinajstić information content (AvgIpc) is 2.25. The molecule has 0 aliphatic rings. The van der Waals surface area contributed by atoms with Crippen LogP contribution in [0.3, 0.4) is 0 Å². The number of guanidine groups is 1. The lowest BCUT2D eigenvalue weighted by Crippen LogP contribution is -2.56. The zero-order valence-electron chi connectivity index (χ0n) is 9.44. The molecule has 0 aliphatic heterocycles. The van der Waals surface area contributed by atoms with E-state index in [9.17, 15) is 22.9 Å². The standard InChI is InChI=1S/C8H13F3N4O3/c1-4(16)15(11)8(10,6(17)18)5(9)2-3-14-7(12)13/h5H,2-3H2,1H3,(H,17,18)(H4,12,13,14)/t5?,8-/m0/s1. The maximum absolute atomic E-state index is 13.7. The number of rotatable bonds is 6. The Morgan fingerprint density at radius 2 is 2.00 bits per heavy atom. The number of amides is 1. The highest BCUT2D eigenvalue weighted by molar-refractivity contribution is 5.84. The predicted octanol–water partition coefficient (Wildman–Crippen LogP) is -0.529. The molecule has 10 heteroatoms. The lowest BCUT2D eigenvalue weighted by molar-refractivity contribution is -0.215. The number of hydrogen-bond acceptors (Lipinski definition) is 3. The number of nitrogens with zero attached hydrogens (tertiary/aromatic N) is 2. The van der Waals surface area contributed by atoms with E-state index in [4.69, 9.17) is 16.6 Å². The van der Waals surface area contributed by atoms with Crippen LogP contribution >= 0.6 is 0 Å². The predicted molar refractivity (Wildman–Crippen MR) is 55.3 cm³/mol.